The van der Waals surface area contributed by atoms with E-state index in [2.05, 4.69) is 9.97 Å². The second-order valence-corrected chi connectivity index (χ2v) is 3.51. The fraction of sp³-hybridized carbons (Fsp3) is 0. The maximum absolute atomic E-state index is 13.0. The van der Waals surface area contributed by atoms with Crippen LogP contribution in [0.25, 0.3) is 0 Å². The molecule has 0 saturated heterocycles. The zero-order chi connectivity index (χ0) is 12.4. The Balaban J connectivity index is 2.41. The first-order valence-electron chi connectivity index (χ1n) is 4.54. The van der Waals surface area contributed by atoms with Crippen molar-refractivity contribution in [1.29, 1.82) is 0 Å². The van der Waals surface area contributed by atoms with Gasteiger partial charge < -0.3 is 15.5 Å². The highest BCUT2D eigenvalue weighted by Crippen LogP contribution is 2.29. The molecule has 5 nitrogen and oxygen atoms in total. The maximum atomic E-state index is 13.0. The number of H-pyrrole nitrogens is 1. The van der Waals surface area contributed by atoms with Gasteiger partial charge in [0, 0.05) is 6.07 Å². The van der Waals surface area contributed by atoms with Crippen LogP contribution in [0.3, 0.4) is 0 Å². The summed E-state index contributed by atoms with van der Waals surface area (Å²) in [5.74, 6) is -0.604. The summed E-state index contributed by atoms with van der Waals surface area (Å²) < 4.78 is 18.1. The number of ether oxygens (including phenoxy) is 1. The summed E-state index contributed by atoms with van der Waals surface area (Å²) in [7, 11) is 0. The van der Waals surface area contributed by atoms with Crippen molar-refractivity contribution in [3.8, 4) is 11.6 Å². The van der Waals surface area contributed by atoms with Crippen molar-refractivity contribution < 1.29 is 9.13 Å². The molecule has 7 heteroatoms. The number of anilines is 1. The third kappa shape index (κ3) is 2.36. The molecular formula is C10H7ClFN3O2. The summed E-state index contributed by atoms with van der Waals surface area (Å²) >= 11 is 5.67. The third-order valence-electron chi connectivity index (χ3n) is 1.95. The minimum atomic E-state index is -0.549. The molecule has 0 atom stereocenters. The average Bonchev–Trinajstić information content (AvgIpc) is 2.30. The van der Waals surface area contributed by atoms with E-state index >= 15 is 0 Å². The smallest absolute Gasteiger partial charge is 0.273 e. The van der Waals surface area contributed by atoms with E-state index < -0.39 is 11.4 Å². The van der Waals surface area contributed by atoms with Gasteiger partial charge in [0.2, 0.25) is 5.88 Å². The van der Waals surface area contributed by atoms with Crippen LogP contribution in [-0.4, -0.2) is 9.97 Å². The minimum absolute atomic E-state index is 0.0463. The molecule has 2 aromatic rings. The Morgan fingerprint density at radius 2 is 2.24 bits per heavy atom. The highest BCUT2D eigenvalue weighted by atomic mass is 35.5. The lowest BCUT2D eigenvalue weighted by atomic mass is 10.3. The highest BCUT2D eigenvalue weighted by Gasteiger charge is 2.10. The van der Waals surface area contributed by atoms with Gasteiger partial charge in [-0.25, -0.2) is 9.37 Å². The molecule has 3 N–H and O–H groups in total. The average molecular weight is 256 g/mol. The first-order valence-corrected chi connectivity index (χ1v) is 4.92. The van der Waals surface area contributed by atoms with E-state index in [0.717, 1.165) is 12.4 Å². The largest absolute Gasteiger partial charge is 0.435 e. The Labute approximate surface area is 100 Å². The molecule has 1 heterocycles. The van der Waals surface area contributed by atoms with E-state index in [1.165, 1.54) is 12.1 Å². The van der Waals surface area contributed by atoms with Gasteiger partial charge in [-0.15, -0.1) is 0 Å². The van der Waals surface area contributed by atoms with Crippen LogP contribution < -0.4 is 16.0 Å². The number of nitrogen functional groups attached to an aromatic ring is 1. The minimum Gasteiger partial charge on any atom is -0.435 e. The van der Waals surface area contributed by atoms with Crippen LogP contribution in [-0.2, 0) is 0 Å². The maximum Gasteiger partial charge on any atom is 0.273 e. The van der Waals surface area contributed by atoms with Crippen LogP contribution in [0.5, 0.6) is 11.6 Å². The highest BCUT2D eigenvalue weighted by molar-refractivity contribution is 6.31. The van der Waals surface area contributed by atoms with Crippen molar-refractivity contribution in [2.45, 2.75) is 0 Å². The molecule has 0 unspecified atom stereocenters. The molecule has 17 heavy (non-hydrogen) atoms. The summed E-state index contributed by atoms with van der Waals surface area (Å²) in [5, 5.41) is -0.226. The Morgan fingerprint density at radius 1 is 1.47 bits per heavy atom. The fourth-order valence-corrected chi connectivity index (χ4v) is 1.28. The molecule has 0 fully saturated rings. The molecule has 1 aromatic heterocycles. The van der Waals surface area contributed by atoms with Gasteiger partial charge in [0.15, 0.2) is 10.8 Å². The zero-order valence-electron chi connectivity index (χ0n) is 8.41. The van der Waals surface area contributed by atoms with Gasteiger partial charge >= 0.3 is 0 Å². The first-order chi connectivity index (χ1) is 8.08. The molecule has 0 aliphatic rings. The number of benzene rings is 1. The Hall–Kier alpha value is -2.08. The lowest BCUT2D eigenvalue weighted by Crippen LogP contribution is -2.08. The van der Waals surface area contributed by atoms with Gasteiger partial charge in [-0.3, -0.25) is 4.79 Å². The predicted molar refractivity (Wildman–Crippen MR) is 60.8 cm³/mol. The molecule has 0 aliphatic heterocycles. The van der Waals surface area contributed by atoms with Crippen LogP contribution >= 0.6 is 11.6 Å². The molecule has 0 bridgehead atoms. The van der Waals surface area contributed by atoms with Crippen LogP contribution in [0.1, 0.15) is 0 Å². The molecule has 0 saturated carbocycles. The van der Waals surface area contributed by atoms with E-state index in [4.69, 9.17) is 22.1 Å². The van der Waals surface area contributed by atoms with Gasteiger partial charge in [-0.2, -0.15) is 0 Å². The number of aromatic amines is 1. The molecular weight excluding hydrogens is 249 g/mol. The van der Waals surface area contributed by atoms with Crippen molar-refractivity contribution in [2.75, 3.05) is 5.73 Å². The number of hydrogen-bond acceptors (Lipinski definition) is 4. The number of aromatic nitrogens is 2. The number of nitrogens with two attached hydrogens (primary N) is 1. The van der Waals surface area contributed by atoms with Gasteiger partial charge in [-0.1, -0.05) is 11.6 Å². The fourth-order valence-electron chi connectivity index (χ4n) is 1.14. The standard InChI is InChI=1S/C10H7ClFN3O2/c11-8-9(16)14-4-15-10(8)17-7-3-5(12)1-2-6(7)13/h1-4H,13H2,(H,14,15,16). The van der Waals surface area contributed by atoms with Crippen LogP contribution in [0.15, 0.2) is 29.3 Å². The van der Waals surface area contributed by atoms with E-state index in [1.807, 2.05) is 0 Å². The summed E-state index contributed by atoms with van der Waals surface area (Å²) in [5.41, 5.74) is 5.24. The molecule has 2 rings (SSSR count). The predicted octanol–water partition coefficient (Wildman–Crippen LogP) is 1.94. The van der Waals surface area contributed by atoms with E-state index in [1.54, 1.807) is 0 Å². The van der Waals surface area contributed by atoms with Crippen molar-refractivity contribution in [2.24, 2.45) is 0 Å². The number of rotatable bonds is 2. The van der Waals surface area contributed by atoms with Gasteiger partial charge in [-0.05, 0) is 12.1 Å². The molecule has 0 aliphatic carbocycles. The van der Waals surface area contributed by atoms with E-state index in [-0.39, 0.29) is 22.3 Å². The molecule has 0 spiro atoms. The zero-order valence-corrected chi connectivity index (χ0v) is 9.16. The Morgan fingerprint density at radius 3 is 3.00 bits per heavy atom. The summed E-state index contributed by atoms with van der Waals surface area (Å²) in [6.07, 6.45) is 1.12. The van der Waals surface area contributed by atoms with Gasteiger partial charge in [0.25, 0.3) is 5.56 Å². The monoisotopic (exact) mass is 255 g/mol. The third-order valence-corrected chi connectivity index (χ3v) is 2.28. The number of nitrogens with one attached hydrogen (secondary N) is 1. The molecule has 0 amide bonds. The first kappa shape index (κ1) is 11.4. The quantitative estimate of drug-likeness (QED) is 0.804. The van der Waals surface area contributed by atoms with E-state index in [9.17, 15) is 9.18 Å². The summed E-state index contributed by atoms with van der Waals surface area (Å²) in [6.45, 7) is 0. The van der Waals surface area contributed by atoms with Crippen LogP contribution in [0.2, 0.25) is 5.02 Å². The molecule has 0 radical (unpaired) electrons. The number of halogens is 2. The van der Waals surface area contributed by atoms with Crippen molar-refractivity contribution in [1.82, 2.24) is 9.97 Å². The van der Waals surface area contributed by atoms with Crippen molar-refractivity contribution in [3.63, 3.8) is 0 Å². The SMILES string of the molecule is Nc1ccc(F)cc1Oc1nc[nH]c(=O)c1Cl. The Bertz CT molecular complexity index is 615. The molecule has 88 valence electrons. The van der Waals surface area contributed by atoms with E-state index in [0.29, 0.717) is 0 Å². The second kappa shape index (κ2) is 4.42. The van der Waals surface area contributed by atoms with Crippen molar-refractivity contribution >= 4 is 17.3 Å². The molecule has 1 aromatic carbocycles. The second-order valence-electron chi connectivity index (χ2n) is 3.14. The normalized spacial score (nSPS) is 10.2. The number of hydrogen-bond donors (Lipinski definition) is 2. The summed E-state index contributed by atoms with van der Waals surface area (Å²) in [4.78, 5) is 17.2. The topological polar surface area (TPSA) is 81.0 Å². The van der Waals surface area contributed by atoms with Crippen molar-refractivity contribution in [3.05, 3.63) is 45.7 Å². The van der Waals surface area contributed by atoms with Gasteiger partial charge in [0.1, 0.15) is 5.82 Å². The Kier molecular flexibility index (Phi) is 2.97. The lowest BCUT2D eigenvalue weighted by molar-refractivity contribution is 0.458. The summed E-state index contributed by atoms with van der Waals surface area (Å²) in [6, 6.07) is 3.61. The van der Waals surface area contributed by atoms with Gasteiger partial charge in [0.05, 0.1) is 12.0 Å². The van der Waals surface area contributed by atoms with Crippen LogP contribution in [0, 0.1) is 5.82 Å². The van der Waals surface area contributed by atoms with Crippen LogP contribution in [0.4, 0.5) is 10.1 Å². The number of nitrogens with zero attached hydrogens (tertiary/aromatic N) is 1. The lowest BCUT2D eigenvalue weighted by Gasteiger charge is -2.07.